The minimum absolute atomic E-state index is 0.0319. The van der Waals surface area contributed by atoms with Gasteiger partial charge in [-0.15, -0.1) is 0 Å². The van der Waals surface area contributed by atoms with E-state index in [-0.39, 0.29) is 24.1 Å². The summed E-state index contributed by atoms with van der Waals surface area (Å²) in [5.74, 6) is -0.160. The third kappa shape index (κ3) is 3.47. The second-order valence-corrected chi connectivity index (χ2v) is 4.89. The molecule has 0 saturated heterocycles. The highest BCUT2D eigenvalue weighted by atomic mass is 16.2. The lowest BCUT2D eigenvalue weighted by Crippen LogP contribution is -2.35. The van der Waals surface area contributed by atoms with Crippen molar-refractivity contribution in [3.05, 3.63) is 58.8 Å². The number of hydrogen-bond acceptors (Lipinski definition) is 4. The van der Waals surface area contributed by atoms with E-state index in [9.17, 15) is 9.59 Å². The number of amides is 1. The Hall–Kier alpha value is -2.63. The Labute approximate surface area is 122 Å². The topological polar surface area (TPSA) is 81.2 Å². The summed E-state index contributed by atoms with van der Waals surface area (Å²) in [7, 11) is 1.71. The average molecular weight is 286 g/mol. The molecule has 2 aromatic heterocycles. The van der Waals surface area contributed by atoms with Gasteiger partial charge >= 0.3 is 0 Å². The molecule has 6 nitrogen and oxygen atoms in total. The largest absolute Gasteiger partial charge is 0.398 e. The van der Waals surface area contributed by atoms with Crippen LogP contribution < -0.4 is 11.3 Å². The zero-order chi connectivity index (χ0) is 15.4. The van der Waals surface area contributed by atoms with Gasteiger partial charge in [-0.2, -0.15) is 0 Å². The summed E-state index contributed by atoms with van der Waals surface area (Å²) >= 11 is 0. The fourth-order valence-electron chi connectivity index (χ4n) is 2.01. The smallest absolute Gasteiger partial charge is 0.251 e. The van der Waals surface area contributed by atoms with Gasteiger partial charge in [0.05, 0.1) is 6.04 Å². The Kier molecular flexibility index (Phi) is 4.37. The van der Waals surface area contributed by atoms with Crippen LogP contribution in [0.15, 0.2) is 47.7 Å². The third-order valence-electron chi connectivity index (χ3n) is 3.47. The standard InChI is InChI=1S/C15H18N4O2/c1-11(12-5-7-17-8-6-12)18(2)15(21)10-19-9-13(16)3-4-14(19)20/h3-9,11H,10,16H2,1-2H3. The molecule has 2 rings (SSSR count). The van der Waals surface area contributed by atoms with E-state index in [0.29, 0.717) is 5.69 Å². The molecule has 21 heavy (non-hydrogen) atoms. The summed E-state index contributed by atoms with van der Waals surface area (Å²) in [5.41, 5.74) is 6.83. The fraction of sp³-hybridized carbons (Fsp3) is 0.267. The first-order valence-electron chi connectivity index (χ1n) is 6.60. The molecule has 0 aromatic carbocycles. The first-order valence-corrected chi connectivity index (χ1v) is 6.60. The number of aromatic nitrogens is 2. The second-order valence-electron chi connectivity index (χ2n) is 4.89. The van der Waals surface area contributed by atoms with Gasteiger partial charge < -0.3 is 15.2 Å². The molecule has 1 unspecified atom stereocenters. The van der Waals surface area contributed by atoms with E-state index in [2.05, 4.69) is 4.98 Å². The number of hydrogen-bond donors (Lipinski definition) is 1. The van der Waals surface area contributed by atoms with Crippen molar-refractivity contribution in [2.75, 3.05) is 12.8 Å². The maximum absolute atomic E-state index is 12.3. The molecule has 0 aliphatic carbocycles. The molecule has 0 aliphatic rings. The van der Waals surface area contributed by atoms with Crippen LogP contribution in [0.25, 0.3) is 0 Å². The highest BCUT2D eigenvalue weighted by Crippen LogP contribution is 2.17. The van der Waals surface area contributed by atoms with Gasteiger partial charge in [-0.05, 0) is 30.7 Å². The molecule has 1 amide bonds. The zero-order valence-electron chi connectivity index (χ0n) is 12.1. The molecule has 2 N–H and O–H groups in total. The lowest BCUT2D eigenvalue weighted by atomic mass is 10.1. The molecule has 0 spiro atoms. The molecule has 0 aliphatic heterocycles. The zero-order valence-corrected chi connectivity index (χ0v) is 12.1. The Morgan fingerprint density at radius 2 is 2.00 bits per heavy atom. The van der Waals surface area contributed by atoms with E-state index in [0.717, 1.165) is 5.56 Å². The number of rotatable bonds is 4. The molecule has 0 bridgehead atoms. The van der Waals surface area contributed by atoms with Crippen LogP contribution in [0.4, 0.5) is 5.69 Å². The fourth-order valence-corrected chi connectivity index (χ4v) is 2.01. The minimum atomic E-state index is -0.248. The molecule has 6 heteroatoms. The Bertz CT molecular complexity index is 682. The van der Waals surface area contributed by atoms with Crippen LogP contribution in [0, 0.1) is 0 Å². The van der Waals surface area contributed by atoms with Gasteiger partial charge in [0.1, 0.15) is 6.54 Å². The molecule has 110 valence electrons. The van der Waals surface area contributed by atoms with E-state index >= 15 is 0 Å². The van der Waals surface area contributed by atoms with Crippen LogP contribution in [0.3, 0.4) is 0 Å². The Morgan fingerprint density at radius 1 is 1.33 bits per heavy atom. The molecular formula is C15H18N4O2. The van der Waals surface area contributed by atoms with Crippen LogP contribution in [-0.2, 0) is 11.3 Å². The summed E-state index contributed by atoms with van der Waals surface area (Å²) in [6.07, 6.45) is 4.85. The summed E-state index contributed by atoms with van der Waals surface area (Å²) in [6, 6.07) is 6.50. The van der Waals surface area contributed by atoms with Crippen LogP contribution >= 0.6 is 0 Å². The number of nitrogens with zero attached hydrogens (tertiary/aromatic N) is 3. The van der Waals surface area contributed by atoms with Crippen molar-refractivity contribution in [3.8, 4) is 0 Å². The van der Waals surface area contributed by atoms with Crippen molar-refractivity contribution >= 4 is 11.6 Å². The Morgan fingerprint density at radius 3 is 2.67 bits per heavy atom. The number of nitrogen functional groups attached to an aromatic ring is 1. The highest BCUT2D eigenvalue weighted by Gasteiger charge is 2.17. The minimum Gasteiger partial charge on any atom is -0.398 e. The SMILES string of the molecule is CC(c1ccncc1)N(C)C(=O)Cn1cc(N)ccc1=O. The molecule has 0 fully saturated rings. The highest BCUT2D eigenvalue weighted by molar-refractivity contribution is 5.76. The molecule has 2 aromatic rings. The van der Waals surface area contributed by atoms with Gasteiger partial charge in [0, 0.05) is 37.4 Å². The van der Waals surface area contributed by atoms with E-state index in [1.54, 1.807) is 24.3 Å². The number of carbonyl (C=O) groups excluding carboxylic acids is 1. The van der Waals surface area contributed by atoms with Crippen LogP contribution in [0.1, 0.15) is 18.5 Å². The van der Waals surface area contributed by atoms with Crippen molar-refractivity contribution in [2.24, 2.45) is 0 Å². The maximum Gasteiger partial charge on any atom is 0.251 e. The third-order valence-corrected chi connectivity index (χ3v) is 3.47. The van der Waals surface area contributed by atoms with Crippen molar-refractivity contribution in [1.29, 1.82) is 0 Å². The maximum atomic E-state index is 12.3. The van der Waals surface area contributed by atoms with Crippen molar-refractivity contribution in [3.63, 3.8) is 0 Å². The van der Waals surface area contributed by atoms with E-state index in [4.69, 9.17) is 5.73 Å². The van der Waals surface area contributed by atoms with E-state index < -0.39 is 0 Å². The summed E-state index contributed by atoms with van der Waals surface area (Å²) in [5, 5.41) is 0. The van der Waals surface area contributed by atoms with Gasteiger partial charge in [0.15, 0.2) is 0 Å². The first-order chi connectivity index (χ1) is 9.99. The average Bonchev–Trinajstić information content (AvgIpc) is 2.50. The van der Waals surface area contributed by atoms with Crippen LogP contribution in [-0.4, -0.2) is 27.4 Å². The molecule has 1 atom stereocenters. The summed E-state index contributed by atoms with van der Waals surface area (Å²) in [4.78, 5) is 29.6. The van der Waals surface area contributed by atoms with Crippen LogP contribution in [0.2, 0.25) is 0 Å². The first kappa shape index (κ1) is 14.8. The molecule has 2 heterocycles. The summed E-state index contributed by atoms with van der Waals surface area (Å²) < 4.78 is 1.31. The van der Waals surface area contributed by atoms with E-state index in [1.165, 1.54) is 22.9 Å². The number of pyridine rings is 2. The van der Waals surface area contributed by atoms with Gasteiger partial charge in [-0.3, -0.25) is 14.6 Å². The predicted octanol–water partition coefficient (Wildman–Crippen LogP) is 1.05. The monoisotopic (exact) mass is 286 g/mol. The van der Waals surface area contributed by atoms with Gasteiger partial charge in [0.25, 0.3) is 5.56 Å². The van der Waals surface area contributed by atoms with Gasteiger partial charge in [-0.25, -0.2) is 0 Å². The lowest BCUT2D eigenvalue weighted by molar-refractivity contribution is -0.132. The van der Waals surface area contributed by atoms with E-state index in [1.807, 2.05) is 19.1 Å². The van der Waals surface area contributed by atoms with Gasteiger partial charge in [-0.1, -0.05) is 0 Å². The quantitative estimate of drug-likeness (QED) is 0.910. The molecule has 0 radical (unpaired) electrons. The number of nitrogens with two attached hydrogens (primary N) is 1. The number of likely N-dealkylation sites (N-methyl/N-ethyl adjacent to an activating group) is 1. The molecule has 0 saturated carbocycles. The Balaban J connectivity index is 2.13. The summed E-state index contributed by atoms with van der Waals surface area (Å²) in [6.45, 7) is 1.89. The van der Waals surface area contributed by atoms with Crippen LogP contribution in [0.5, 0.6) is 0 Å². The number of carbonyl (C=O) groups is 1. The van der Waals surface area contributed by atoms with Crippen molar-refractivity contribution in [2.45, 2.75) is 19.5 Å². The molecular weight excluding hydrogens is 268 g/mol. The van der Waals surface area contributed by atoms with Crippen molar-refractivity contribution in [1.82, 2.24) is 14.5 Å². The second kappa shape index (κ2) is 6.21. The normalized spacial score (nSPS) is 11.9. The predicted molar refractivity (Wildman–Crippen MR) is 80.5 cm³/mol. The number of anilines is 1. The van der Waals surface area contributed by atoms with Gasteiger partial charge in [0.2, 0.25) is 5.91 Å². The lowest BCUT2D eigenvalue weighted by Gasteiger charge is -2.25. The van der Waals surface area contributed by atoms with Crippen molar-refractivity contribution < 1.29 is 4.79 Å².